The lowest BCUT2D eigenvalue weighted by Crippen LogP contribution is -2.14. The minimum atomic E-state index is 0.733. The minimum Gasteiger partial charge on any atom is -0.0620 e. The molecular formula is C21H24. The smallest absolute Gasteiger partial charge is 0.0156 e. The van der Waals surface area contributed by atoms with Gasteiger partial charge in [-0.15, -0.1) is 0 Å². The topological polar surface area (TPSA) is 0 Å². The van der Waals surface area contributed by atoms with E-state index in [0.717, 1.165) is 23.7 Å². The van der Waals surface area contributed by atoms with Crippen molar-refractivity contribution in [3.63, 3.8) is 0 Å². The van der Waals surface area contributed by atoms with E-state index in [0.29, 0.717) is 0 Å². The second kappa shape index (κ2) is 5.02. The third kappa shape index (κ3) is 2.12. The highest BCUT2D eigenvalue weighted by Crippen LogP contribution is 2.46. The van der Waals surface area contributed by atoms with Gasteiger partial charge < -0.3 is 0 Å². The van der Waals surface area contributed by atoms with Gasteiger partial charge in [0.05, 0.1) is 0 Å². The molecule has 0 spiro atoms. The third-order valence-electron chi connectivity index (χ3n) is 6.08. The number of hydrogen-bond donors (Lipinski definition) is 0. The molecule has 2 aromatic carbocycles. The molecule has 0 bridgehead atoms. The van der Waals surface area contributed by atoms with Crippen LogP contribution in [-0.4, -0.2) is 0 Å². The van der Waals surface area contributed by atoms with E-state index in [9.17, 15) is 0 Å². The van der Waals surface area contributed by atoms with Crippen LogP contribution in [0.2, 0.25) is 0 Å². The van der Waals surface area contributed by atoms with Gasteiger partial charge in [0.2, 0.25) is 0 Å². The van der Waals surface area contributed by atoms with Crippen molar-refractivity contribution in [2.24, 2.45) is 11.8 Å². The fourth-order valence-electron chi connectivity index (χ4n) is 4.72. The number of hydrogen-bond acceptors (Lipinski definition) is 0. The summed E-state index contributed by atoms with van der Waals surface area (Å²) in [7, 11) is 0. The highest BCUT2D eigenvalue weighted by molar-refractivity contribution is 5.38. The van der Waals surface area contributed by atoms with Gasteiger partial charge in [-0.3, -0.25) is 0 Å². The summed E-state index contributed by atoms with van der Waals surface area (Å²) in [5, 5.41) is 0. The summed E-state index contributed by atoms with van der Waals surface area (Å²) in [6, 6.07) is 18.1. The van der Waals surface area contributed by atoms with E-state index in [-0.39, 0.29) is 0 Å². The predicted molar refractivity (Wildman–Crippen MR) is 88.7 cm³/mol. The highest BCUT2D eigenvalue weighted by atomic mass is 14.4. The molecule has 0 aliphatic heterocycles. The summed E-state index contributed by atoms with van der Waals surface area (Å²) < 4.78 is 0. The van der Waals surface area contributed by atoms with Crippen molar-refractivity contribution in [2.75, 3.05) is 0 Å². The Balaban J connectivity index is 1.52. The zero-order valence-electron chi connectivity index (χ0n) is 13.0. The van der Waals surface area contributed by atoms with Crippen LogP contribution in [0.25, 0.3) is 0 Å². The molecule has 21 heavy (non-hydrogen) atoms. The zero-order chi connectivity index (χ0) is 14.4. The molecule has 0 aromatic heterocycles. The Bertz CT molecular complexity index is 597. The van der Waals surface area contributed by atoms with E-state index in [4.69, 9.17) is 0 Å². The second-order valence-electron chi connectivity index (χ2n) is 7.14. The average molecular weight is 276 g/mol. The molecule has 0 amide bonds. The van der Waals surface area contributed by atoms with Gasteiger partial charge in [0, 0.05) is 0 Å². The van der Waals surface area contributed by atoms with Crippen LogP contribution in [-0.2, 0) is 12.8 Å². The van der Waals surface area contributed by atoms with E-state index in [1.165, 1.54) is 19.3 Å². The third-order valence-corrected chi connectivity index (χ3v) is 6.08. The molecule has 4 unspecified atom stereocenters. The van der Waals surface area contributed by atoms with Gasteiger partial charge in [0.25, 0.3) is 0 Å². The predicted octanol–water partition coefficient (Wildman–Crippen LogP) is 5.33. The van der Waals surface area contributed by atoms with Crippen molar-refractivity contribution < 1.29 is 0 Å². The van der Waals surface area contributed by atoms with Gasteiger partial charge in [0.1, 0.15) is 0 Å². The lowest BCUT2D eigenvalue weighted by atomic mass is 9.81. The van der Waals surface area contributed by atoms with E-state index in [1.807, 2.05) is 0 Å². The molecule has 0 N–H and O–H groups in total. The minimum absolute atomic E-state index is 0.733. The first-order chi connectivity index (χ1) is 10.2. The maximum Gasteiger partial charge on any atom is -0.0156 e. The maximum atomic E-state index is 2.43. The molecule has 2 aliphatic rings. The SMILES string of the molecule is CC1c2ccccc2CC1CC1Cc2ccccc2C1C. The summed E-state index contributed by atoms with van der Waals surface area (Å²) >= 11 is 0. The van der Waals surface area contributed by atoms with Gasteiger partial charge in [-0.2, -0.15) is 0 Å². The Kier molecular flexibility index (Phi) is 3.14. The lowest BCUT2D eigenvalue weighted by Gasteiger charge is -2.23. The standard InChI is InChI=1S/C21H24/c1-14-18(11-16-7-3-5-9-20(14)16)13-19-12-17-8-4-6-10-21(17)15(19)2/h3-10,14-15,18-19H,11-13H2,1-2H3. The van der Waals surface area contributed by atoms with Crippen LogP contribution in [0.5, 0.6) is 0 Å². The first-order valence-corrected chi connectivity index (χ1v) is 8.39. The lowest BCUT2D eigenvalue weighted by molar-refractivity contribution is 0.330. The van der Waals surface area contributed by atoms with Gasteiger partial charge in [0.15, 0.2) is 0 Å². The monoisotopic (exact) mass is 276 g/mol. The number of fused-ring (bicyclic) bond motifs is 2. The van der Waals surface area contributed by atoms with Gasteiger partial charge in [-0.1, -0.05) is 62.4 Å². The number of rotatable bonds is 2. The highest BCUT2D eigenvalue weighted by Gasteiger charge is 2.35. The van der Waals surface area contributed by atoms with Crippen molar-refractivity contribution in [3.05, 3.63) is 70.8 Å². The molecular weight excluding hydrogens is 252 g/mol. The summed E-state index contributed by atoms with van der Waals surface area (Å²) in [6.07, 6.45) is 3.96. The number of benzene rings is 2. The van der Waals surface area contributed by atoms with E-state index < -0.39 is 0 Å². The van der Waals surface area contributed by atoms with E-state index >= 15 is 0 Å². The Morgan fingerprint density at radius 1 is 0.714 bits per heavy atom. The fraction of sp³-hybridized carbons (Fsp3) is 0.429. The Hall–Kier alpha value is -1.56. The summed E-state index contributed by atoms with van der Waals surface area (Å²) in [6.45, 7) is 4.87. The van der Waals surface area contributed by atoms with E-state index in [2.05, 4.69) is 62.4 Å². The summed E-state index contributed by atoms with van der Waals surface area (Å²) in [4.78, 5) is 0. The molecule has 4 rings (SSSR count). The Labute approximate surface area is 128 Å². The molecule has 0 heterocycles. The molecule has 108 valence electrons. The molecule has 2 aromatic rings. The quantitative estimate of drug-likeness (QED) is 0.695. The summed E-state index contributed by atoms with van der Waals surface area (Å²) in [5.74, 6) is 3.14. The van der Waals surface area contributed by atoms with Crippen LogP contribution in [0.4, 0.5) is 0 Å². The second-order valence-corrected chi connectivity index (χ2v) is 7.14. The van der Waals surface area contributed by atoms with Crippen LogP contribution in [0, 0.1) is 11.8 Å². The molecule has 2 aliphatic carbocycles. The molecule has 0 nitrogen and oxygen atoms in total. The fourth-order valence-corrected chi connectivity index (χ4v) is 4.72. The van der Waals surface area contributed by atoms with Crippen LogP contribution in [0.3, 0.4) is 0 Å². The Morgan fingerprint density at radius 2 is 1.14 bits per heavy atom. The average Bonchev–Trinajstić information content (AvgIpc) is 2.99. The molecule has 4 atom stereocenters. The van der Waals surface area contributed by atoms with Crippen LogP contribution < -0.4 is 0 Å². The Morgan fingerprint density at radius 3 is 1.57 bits per heavy atom. The normalized spacial score (nSPS) is 30.2. The molecule has 0 fully saturated rings. The first kappa shape index (κ1) is 13.1. The van der Waals surface area contributed by atoms with Gasteiger partial charge in [-0.25, -0.2) is 0 Å². The van der Waals surface area contributed by atoms with Crippen LogP contribution in [0.15, 0.2) is 48.5 Å². The zero-order valence-corrected chi connectivity index (χ0v) is 13.0. The van der Waals surface area contributed by atoms with Gasteiger partial charge in [-0.05, 0) is 65.2 Å². The van der Waals surface area contributed by atoms with Crippen molar-refractivity contribution in [1.29, 1.82) is 0 Å². The first-order valence-electron chi connectivity index (χ1n) is 8.39. The van der Waals surface area contributed by atoms with Crippen molar-refractivity contribution in [2.45, 2.75) is 44.9 Å². The molecule has 0 saturated carbocycles. The maximum absolute atomic E-state index is 2.43. The van der Waals surface area contributed by atoms with Crippen molar-refractivity contribution in [1.82, 2.24) is 0 Å². The van der Waals surface area contributed by atoms with Gasteiger partial charge >= 0.3 is 0 Å². The van der Waals surface area contributed by atoms with Crippen LogP contribution in [0.1, 0.15) is 54.4 Å². The largest absolute Gasteiger partial charge is 0.0620 e. The summed E-state index contributed by atoms with van der Waals surface area (Å²) in [5.41, 5.74) is 6.40. The molecule has 0 saturated heterocycles. The van der Waals surface area contributed by atoms with Crippen molar-refractivity contribution in [3.8, 4) is 0 Å². The molecule has 0 radical (unpaired) electrons. The van der Waals surface area contributed by atoms with Crippen LogP contribution >= 0.6 is 0 Å². The molecule has 0 heteroatoms. The van der Waals surface area contributed by atoms with E-state index in [1.54, 1.807) is 22.3 Å². The van der Waals surface area contributed by atoms with Crippen molar-refractivity contribution >= 4 is 0 Å².